The van der Waals surface area contributed by atoms with Crippen LogP contribution in [0.5, 0.6) is 0 Å². The van der Waals surface area contributed by atoms with E-state index in [2.05, 4.69) is 15.5 Å². The molecule has 1 fully saturated rings. The van der Waals surface area contributed by atoms with Gasteiger partial charge in [-0.2, -0.15) is 5.10 Å². The third kappa shape index (κ3) is 4.91. The molecule has 27 heavy (non-hydrogen) atoms. The van der Waals surface area contributed by atoms with Gasteiger partial charge in [-0.1, -0.05) is 0 Å². The summed E-state index contributed by atoms with van der Waals surface area (Å²) >= 11 is 0. The van der Waals surface area contributed by atoms with E-state index in [0.29, 0.717) is 44.1 Å². The van der Waals surface area contributed by atoms with E-state index in [9.17, 15) is 14.0 Å². The number of hydrogen-bond donors (Lipinski definition) is 2. The topological polar surface area (TPSA) is 81.3 Å². The Morgan fingerprint density at radius 2 is 1.85 bits per heavy atom. The van der Waals surface area contributed by atoms with E-state index in [1.807, 2.05) is 18.7 Å². The molecule has 7 nitrogen and oxygen atoms in total. The van der Waals surface area contributed by atoms with Crippen LogP contribution in [0.25, 0.3) is 11.3 Å². The molecule has 0 atom stereocenters. The summed E-state index contributed by atoms with van der Waals surface area (Å²) in [5, 5.41) is 9.80. The van der Waals surface area contributed by atoms with E-state index in [1.54, 1.807) is 23.1 Å². The number of aromatic amines is 1. The molecule has 0 saturated carbocycles. The standard InChI is InChI=1S/C19H24FN5O2/c1-13(2)21-18(26)12-24-7-9-25(10-8-24)19(27)17-11-16(22-23-17)14-3-5-15(20)6-4-14/h3-6,11,13H,7-10,12H2,1-2H3,(H,21,26)(H,22,23). The summed E-state index contributed by atoms with van der Waals surface area (Å²) in [5.74, 6) is -0.435. The van der Waals surface area contributed by atoms with Gasteiger partial charge in [0.25, 0.3) is 5.91 Å². The minimum absolute atomic E-state index is 0.00211. The summed E-state index contributed by atoms with van der Waals surface area (Å²) in [6, 6.07) is 7.77. The highest BCUT2D eigenvalue weighted by molar-refractivity contribution is 5.93. The van der Waals surface area contributed by atoms with E-state index < -0.39 is 0 Å². The number of piperazine rings is 1. The van der Waals surface area contributed by atoms with Gasteiger partial charge in [0, 0.05) is 37.8 Å². The fraction of sp³-hybridized carbons (Fsp3) is 0.421. The molecule has 0 radical (unpaired) electrons. The van der Waals surface area contributed by atoms with E-state index >= 15 is 0 Å². The van der Waals surface area contributed by atoms with Gasteiger partial charge in [-0.05, 0) is 44.2 Å². The van der Waals surface area contributed by atoms with Crippen LogP contribution in [-0.2, 0) is 4.79 Å². The minimum atomic E-state index is -0.314. The monoisotopic (exact) mass is 373 g/mol. The van der Waals surface area contributed by atoms with Gasteiger partial charge < -0.3 is 10.2 Å². The van der Waals surface area contributed by atoms with Crippen LogP contribution in [0.15, 0.2) is 30.3 Å². The van der Waals surface area contributed by atoms with Gasteiger partial charge in [0.05, 0.1) is 12.2 Å². The zero-order chi connectivity index (χ0) is 19.4. The number of benzene rings is 1. The van der Waals surface area contributed by atoms with Gasteiger partial charge in [0.1, 0.15) is 11.5 Å². The maximum atomic E-state index is 13.0. The molecule has 144 valence electrons. The highest BCUT2D eigenvalue weighted by Crippen LogP contribution is 2.19. The number of H-pyrrole nitrogens is 1. The molecule has 2 aromatic rings. The van der Waals surface area contributed by atoms with E-state index in [-0.39, 0.29) is 23.7 Å². The van der Waals surface area contributed by atoms with Crippen LogP contribution < -0.4 is 5.32 Å². The molecule has 0 aliphatic carbocycles. The highest BCUT2D eigenvalue weighted by atomic mass is 19.1. The number of carbonyl (C=O) groups excluding carboxylic acids is 2. The minimum Gasteiger partial charge on any atom is -0.353 e. The number of rotatable bonds is 5. The van der Waals surface area contributed by atoms with Crippen molar-refractivity contribution in [2.75, 3.05) is 32.7 Å². The Bertz CT molecular complexity index is 795. The molecule has 1 aliphatic rings. The van der Waals surface area contributed by atoms with Gasteiger partial charge in [0.2, 0.25) is 5.91 Å². The highest BCUT2D eigenvalue weighted by Gasteiger charge is 2.24. The average Bonchev–Trinajstić information content (AvgIpc) is 3.12. The number of nitrogens with one attached hydrogen (secondary N) is 2. The van der Waals surface area contributed by atoms with Gasteiger partial charge in [0.15, 0.2) is 0 Å². The molecule has 0 unspecified atom stereocenters. The lowest BCUT2D eigenvalue weighted by molar-refractivity contribution is -0.123. The molecular weight excluding hydrogens is 349 g/mol. The van der Waals surface area contributed by atoms with Crippen LogP contribution in [0.3, 0.4) is 0 Å². The van der Waals surface area contributed by atoms with Gasteiger partial charge in [-0.3, -0.25) is 19.6 Å². The number of aromatic nitrogens is 2. The third-order valence-corrected chi connectivity index (χ3v) is 4.42. The van der Waals surface area contributed by atoms with Crippen LogP contribution >= 0.6 is 0 Å². The molecule has 2 heterocycles. The number of hydrogen-bond acceptors (Lipinski definition) is 4. The molecule has 2 amide bonds. The summed E-state index contributed by atoms with van der Waals surface area (Å²) in [5.41, 5.74) is 1.75. The van der Waals surface area contributed by atoms with Crippen molar-refractivity contribution in [2.24, 2.45) is 0 Å². The Morgan fingerprint density at radius 1 is 1.19 bits per heavy atom. The molecule has 2 N–H and O–H groups in total. The second-order valence-corrected chi connectivity index (χ2v) is 6.96. The fourth-order valence-electron chi connectivity index (χ4n) is 3.05. The summed E-state index contributed by atoms with van der Waals surface area (Å²) in [4.78, 5) is 28.3. The van der Waals surface area contributed by atoms with Crippen molar-refractivity contribution in [3.05, 3.63) is 41.8 Å². The van der Waals surface area contributed by atoms with Crippen molar-refractivity contribution in [2.45, 2.75) is 19.9 Å². The molecular formula is C19H24FN5O2. The quantitative estimate of drug-likeness (QED) is 0.832. The normalized spacial score (nSPS) is 15.2. The predicted octanol–water partition coefficient (Wildman–Crippen LogP) is 1.50. The molecule has 1 saturated heterocycles. The Kier molecular flexibility index (Phi) is 5.85. The zero-order valence-electron chi connectivity index (χ0n) is 15.5. The Morgan fingerprint density at radius 3 is 2.48 bits per heavy atom. The van der Waals surface area contributed by atoms with Crippen LogP contribution in [-0.4, -0.2) is 70.6 Å². The summed E-state index contributed by atoms with van der Waals surface area (Å²) in [6.07, 6.45) is 0. The molecule has 1 aromatic heterocycles. The van der Waals surface area contributed by atoms with E-state index in [0.717, 1.165) is 5.56 Å². The van der Waals surface area contributed by atoms with Crippen LogP contribution in [0.4, 0.5) is 4.39 Å². The summed E-state index contributed by atoms with van der Waals surface area (Å²) in [6.45, 7) is 6.61. The summed E-state index contributed by atoms with van der Waals surface area (Å²) in [7, 11) is 0. The lowest BCUT2D eigenvalue weighted by Crippen LogP contribution is -2.51. The maximum Gasteiger partial charge on any atom is 0.271 e. The van der Waals surface area contributed by atoms with E-state index in [4.69, 9.17) is 0 Å². The van der Waals surface area contributed by atoms with Crippen LogP contribution in [0.1, 0.15) is 24.3 Å². The summed E-state index contributed by atoms with van der Waals surface area (Å²) < 4.78 is 13.0. The maximum absolute atomic E-state index is 13.0. The molecule has 0 bridgehead atoms. The van der Waals surface area contributed by atoms with Crippen LogP contribution in [0.2, 0.25) is 0 Å². The average molecular weight is 373 g/mol. The van der Waals surface area contributed by atoms with Crippen molar-refractivity contribution in [3.8, 4) is 11.3 Å². The van der Waals surface area contributed by atoms with Crippen molar-refractivity contribution < 1.29 is 14.0 Å². The smallest absolute Gasteiger partial charge is 0.271 e. The van der Waals surface area contributed by atoms with Gasteiger partial charge in [-0.25, -0.2) is 4.39 Å². The Hall–Kier alpha value is -2.74. The van der Waals surface area contributed by atoms with Gasteiger partial charge in [-0.15, -0.1) is 0 Å². The molecule has 8 heteroatoms. The Labute approximate surface area is 157 Å². The molecule has 1 aromatic carbocycles. The SMILES string of the molecule is CC(C)NC(=O)CN1CCN(C(=O)c2cc(-c3ccc(F)cc3)n[nH]2)CC1. The number of amides is 2. The molecule has 3 rings (SSSR count). The fourth-order valence-corrected chi connectivity index (χ4v) is 3.05. The van der Waals surface area contributed by atoms with Crippen molar-refractivity contribution >= 4 is 11.8 Å². The van der Waals surface area contributed by atoms with Crippen molar-refractivity contribution in [1.82, 2.24) is 25.3 Å². The number of carbonyl (C=O) groups is 2. The lowest BCUT2D eigenvalue weighted by Gasteiger charge is -2.34. The zero-order valence-corrected chi connectivity index (χ0v) is 15.5. The first-order valence-corrected chi connectivity index (χ1v) is 9.04. The largest absolute Gasteiger partial charge is 0.353 e. The first-order valence-electron chi connectivity index (χ1n) is 9.04. The number of halogens is 1. The van der Waals surface area contributed by atoms with Crippen molar-refractivity contribution in [1.29, 1.82) is 0 Å². The molecule has 0 spiro atoms. The van der Waals surface area contributed by atoms with Crippen molar-refractivity contribution in [3.63, 3.8) is 0 Å². The second kappa shape index (κ2) is 8.30. The molecule has 1 aliphatic heterocycles. The Balaban J connectivity index is 1.55. The van der Waals surface area contributed by atoms with E-state index in [1.165, 1.54) is 12.1 Å². The van der Waals surface area contributed by atoms with Gasteiger partial charge >= 0.3 is 0 Å². The third-order valence-electron chi connectivity index (χ3n) is 4.42. The van der Waals surface area contributed by atoms with Crippen LogP contribution in [0, 0.1) is 5.82 Å². The number of nitrogens with zero attached hydrogens (tertiary/aromatic N) is 3. The second-order valence-electron chi connectivity index (χ2n) is 6.96. The first kappa shape index (κ1) is 19.0. The lowest BCUT2D eigenvalue weighted by atomic mass is 10.1. The first-order chi connectivity index (χ1) is 12.9. The predicted molar refractivity (Wildman–Crippen MR) is 99.6 cm³/mol.